The maximum absolute atomic E-state index is 5.96. The van der Waals surface area contributed by atoms with Crippen LogP contribution in [0.2, 0.25) is 5.28 Å². The lowest BCUT2D eigenvalue weighted by molar-refractivity contribution is 0.0299. The monoisotopic (exact) mass is 308 g/mol. The molecule has 0 aromatic carbocycles. The summed E-state index contributed by atoms with van der Waals surface area (Å²) in [6.07, 6.45) is 5.46. The predicted molar refractivity (Wildman–Crippen MR) is 78.6 cm³/mol. The average Bonchev–Trinajstić information content (AvgIpc) is 3.00. The van der Waals surface area contributed by atoms with Crippen molar-refractivity contribution in [1.82, 2.24) is 24.7 Å². The van der Waals surface area contributed by atoms with Crippen LogP contribution in [0.3, 0.4) is 0 Å². The maximum atomic E-state index is 5.96. The number of ether oxygens (including phenoxy) is 1. The Morgan fingerprint density at radius 1 is 1.33 bits per heavy atom. The van der Waals surface area contributed by atoms with Gasteiger partial charge in [-0.05, 0) is 35.9 Å². The SMILES string of the molecule is CC1(CNc2nc(Cl)nc(-n3cccn3)n2)CCOCC1. The third-order valence-electron chi connectivity index (χ3n) is 3.68. The standard InChI is InChI=1S/C13H17ClN6O/c1-13(3-7-21-8-4-13)9-15-11-17-10(14)18-12(19-11)20-6-2-5-16-20/h2,5-6H,3-4,7-9H2,1H3,(H,15,17,18,19). The van der Waals surface area contributed by atoms with Gasteiger partial charge < -0.3 is 10.1 Å². The highest BCUT2D eigenvalue weighted by Crippen LogP contribution is 2.29. The molecule has 3 heterocycles. The maximum Gasteiger partial charge on any atom is 0.256 e. The summed E-state index contributed by atoms with van der Waals surface area (Å²) in [6, 6.07) is 1.80. The van der Waals surface area contributed by atoms with Crippen LogP contribution in [0.15, 0.2) is 18.5 Å². The van der Waals surface area contributed by atoms with Crippen LogP contribution in [0, 0.1) is 5.41 Å². The second-order valence-corrected chi connectivity index (χ2v) is 5.79. The van der Waals surface area contributed by atoms with Crippen molar-refractivity contribution in [2.24, 2.45) is 5.41 Å². The van der Waals surface area contributed by atoms with Crippen LogP contribution in [0.4, 0.5) is 5.95 Å². The van der Waals surface area contributed by atoms with Crippen molar-refractivity contribution in [2.75, 3.05) is 25.1 Å². The first-order chi connectivity index (χ1) is 10.1. The quantitative estimate of drug-likeness (QED) is 0.930. The van der Waals surface area contributed by atoms with Crippen molar-refractivity contribution in [1.29, 1.82) is 0 Å². The van der Waals surface area contributed by atoms with Crippen LogP contribution < -0.4 is 5.32 Å². The lowest BCUT2D eigenvalue weighted by atomic mass is 9.82. The molecule has 1 N–H and O–H groups in total. The van der Waals surface area contributed by atoms with E-state index in [9.17, 15) is 0 Å². The van der Waals surface area contributed by atoms with E-state index >= 15 is 0 Å². The molecule has 0 unspecified atom stereocenters. The highest BCUT2D eigenvalue weighted by molar-refractivity contribution is 6.28. The van der Waals surface area contributed by atoms with Gasteiger partial charge in [0.2, 0.25) is 11.2 Å². The minimum Gasteiger partial charge on any atom is -0.381 e. The number of hydrogen-bond acceptors (Lipinski definition) is 6. The Morgan fingerprint density at radius 3 is 2.86 bits per heavy atom. The topological polar surface area (TPSA) is 77.8 Å². The van der Waals surface area contributed by atoms with Gasteiger partial charge >= 0.3 is 0 Å². The largest absolute Gasteiger partial charge is 0.381 e. The number of anilines is 1. The number of halogens is 1. The summed E-state index contributed by atoms with van der Waals surface area (Å²) in [6.45, 7) is 4.61. The number of nitrogens with one attached hydrogen (secondary N) is 1. The molecular weight excluding hydrogens is 292 g/mol. The van der Waals surface area contributed by atoms with Crippen LogP contribution in [0.1, 0.15) is 19.8 Å². The van der Waals surface area contributed by atoms with Gasteiger partial charge in [0, 0.05) is 32.2 Å². The summed E-state index contributed by atoms with van der Waals surface area (Å²) in [5, 5.41) is 7.50. The van der Waals surface area contributed by atoms with Gasteiger partial charge in [0.05, 0.1) is 0 Å². The average molecular weight is 309 g/mol. The van der Waals surface area contributed by atoms with Gasteiger partial charge in [-0.15, -0.1) is 0 Å². The minimum absolute atomic E-state index is 0.148. The van der Waals surface area contributed by atoms with Gasteiger partial charge in [0.1, 0.15) is 0 Å². The molecular formula is C13H17ClN6O. The summed E-state index contributed by atoms with van der Waals surface area (Å²) >= 11 is 5.96. The van der Waals surface area contributed by atoms with Crippen molar-refractivity contribution >= 4 is 17.5 Å². The normalized spacial score (nSPS) is 17.6. The Bertz CT molecular complexity index is 597. The minimum atomic E-state index is 0.148. The molecule has 1 fully saturated rings. The van der Waals surface area contributed by atoms with Gasteiger partial charge in [0.15, 0.2) is 0 Å². The number of hydrogen-bond donors (Lipinski definition) is 1. The molecule has 0 aliphatic carbocycles. The van der Waals surface area contributed by atoms with E-state index in [1.54, 1.807) is 23.1 Å². The Labute approximate surface area is 127 Å². The van der Waals surface area contributed by atoms with E-state index in [1.807, 2.05) is 0 Å². The van der Waals surface area contributed by atoms with Gasteiger partial charge in [-0.2, -0.15) is 20.1 Å². The molecule has 21 heavy (non-hydrogen) atoms. The third-order valence-corrected chi connectivity index (χ3v) is 3.85. The van der Waals surface area contributed by atoms with Gasteiger partial charge in [-0.1, -0.05) is 6.92 Å². The first-order valence-electron chi connectivity index (χ1n) is 6.88. The number of rotatable bonds is 4. The summed E-state index contributed by atoms with van der Waals surface area (Å²) in [5.74, 6) is 0.868. The van der Waals surface area contributed by atoms with E-state index in [-0.39, 0.29) is 10.7 Å². The van der Waals surface area contributed by atoms with Crippen molar-refractivity contribution in [3.63, 3.8) is 0 Å². The van der Waals surface area contributed by atoms with Crippen LogP contribution in [0.25, 0.3) is 5.95 Å². The fourth-order valence-corrected chi connectivity index (χ4v) is 2.40. The molecule has 1 aliphatic rings. The van der Waals surface area contributed by atoms with Gasteiger partial charge in [0.25, 0.3) is 5.95 Å². The van der Waals surface area contributed by atoms with Crippen molar-refractivity contribution in [2.45, 2.75) is 19.8 Å². The highest BCUT2D eigenvalue weighted by Gasteiger charge is 2.27. The first kappa shape index (κ1) is 14.2. The Kier molecular flexibility index (Phi) is 4.03. The number of aromatic nitrogens is 5. The van der Waals surface area contributed by atoms with E-state index in [0.29, 0.717) is 11.9 Å². The molecule has 3 rings (SSSR count). The molecule has 1 aliphatic heterocycles. The second kappa shape index (κ2) is 5.95. The third kappa shape index (κ3) is 3.48. The molecule has 0 radical (unpaired) electrons. The van der Waals surface area contributed by atoms with Gasteiger partial charge in [-0.25, -0.2) is 4.68 Å². The Hall–Kier alpha value is -1.73. The lowest BCUT2D eigenvalue weighted by Gasteiger charge is -2.33. The fraction of sp³-hybridized carbons (Fsp3) is 0.538. The van der Waals surface area contributed by atoms with Gasteiger partial charge in [-0.3, -0.25) is 0 Å². The molecule has 7 nitrogen and oxygen atoms in total. The highest BCUT2D eigenvalue weighted by atomic mass is 35.5. The second-order valence-electron chi connectivity index (χ2n) is 5.46. The molecule has 112 valence electrons. The van der Waals surface area contributed by atoms with E-state index in [0.717, 1.165) is 32.6 Å². The smallest absolute Gasteiger partial charge is 0.256 e. The van der Waals surface area contributed by atoms with Crippen LogP contribution in [0.5, 0.6) is 0 Å². The molecule has 0 atom stereocenters. The predicted octanol–water partition coefficient (Wildman–Crippen LogP) is 1.94. The zero-order chi connectivity index (χ0) is 14.7. The van der Waals surface area contributed by atoms with Crippen LogP contribution in [-0.4, -0.2) is 44.5 Å². The van der Waals surface area contributed by atoms with E-state index in [4.69, 9.17) is 16.3 Å². The van der Waals surface area contributed by atoms with Crippen molar-refractivity contribution < 1.29 is 4.74 Å². The van der Waals surface area contributed by atoms with E-state index in [2.05, 4.69) is 32.3 Å². The van der Waals surface area contributed by atoms with Crippen molar-refractivity contribution in [3.05, 3.63) is 23.7 Å². The first-order valence-corrected chi connectivity index (χ1v) is 7.26. The number of nitrogens with zero attached hydrogens (tertiary/aromatic N) is 5. The zero-order valence-corrected chi connectivity index (χ0v) is 12.5. The summed E-state index contributed by atoms with van der Waals surface area (Å²) < 4.78 is 6.95. The van der Waals surface area contributed by atoms with Crippen LogP contribution in [-0.2, 0) is 4.74 Å². The molecule has 2 aromatic rings. The fourth-order valence-electron chi connectivity index (χ4n) is 2.24. The summed E-state index contributed by atoms with van der Waals surface area (Å²) in [4.78, 5) is 12.5. The van der Waals surface area contributed by atoms with Crippen LogP contribution >= 0.6 is 11.6 Å². The molecule has 0 amide bonds. The zero-order valence-electron chi connectivity index (χ0n) is 11.8. The Balaban J connectivity index is 1.73. The van der Waals surface area contributed by atoms with E-state index < -0.39 is 0 Å². The molecule has 0 spiro atoms. The summed E-state index contributed by atoms with van der Waals surface area (Å²) in [5.41, 5.74) is 0.184. The Morgan fingerprint density at radius 2 is 2.14 bits per heavy atom. The van der Waals surface area contributed by atoms with Crippen molar-refractivity contribution in [3.8, 4) is 5.95 Å². The molecule has 8 heteroatoms. The molecule has 0 bridgehead atoms. The van der Waals surface area contributed by atoms with E-state index in [1.165, 1.54) is 0 Å². The molecule has 2 aromatic heterocycles. The lowest BCUT2D eigenvalue weighted by Crippen LogP contribution is -2.33. The molecule has 1 saturated heterocycles. The molecule has 0 saturated carbocycles. The summed E-state index contributed by atoms with van der Waals surface area (Å²) in [7, 11) is 0.